The number of benzene rings is 1. The van der Waals surface area contributed by atoms with Crippen molar-refractivity contribution >= 4 is 7.82 Å². The van der Waals surface area contributed by atoms with E-state index in [1.54, 1.807) is 18.2 Å². The van der Waals surface area contributed by atoms with Gasteiger partial charge in [-0.2, -0.15) is 0 Å². The number of phosphoric acid groups is 1. The summed E-state index contributed by atoms with van der Waals surface area (Å²) in [7, 11) is -4.29. The largest absolute Gasteiger partial charge is 0.585 e. The molecule has 13 heavy (non-hydrogen) atoms. The topological polar surface area (TPSA) is 85.2 Å². The van der Waals surface area contributed by atoms with Crippen molar-refractivity contribution in [2.75, 3.05) is 0 Å². The van der Waals surface area contributed by atoms with Crippen LogP contribution in [0.5, 0.6) is 5.75 Å². The lowest BCUT2D eigenvalue weighted by Gasteiger charge is -2.09. The van der Waals surface area contributed by atoms with E-state index in [-0.39, 0.29) is 5.75 Å². The van der Waals surface area contributed by atoms with Crippen LogP contribution in [0.4, 0.5) is 0 Å². The first kappa shape index (κ1) is 10.2. The molecule has 0 heterocycles. The van der Waals surface area contributed by atoms with Gasteiger partial charge in [-0.05, 0) is 12.1 Å². The van der Waals surface area contributed by atoms with E-state index in [0.29, 0.717) is 0 Å². The lowest BCUT2D eigenvalue weighted by Crippen LogP contribution is -1.97. The van der Waals surface area contributed by atoms with Crippen LogP contribution in [-0.4, -0.2) is 10.5 Å². The molecule has 0 unspecified atom stereocenters. The third-order valence-electron chi connectivity index (χ3n) is 1.16. The van der Waals surface area contributed by atoms with Gasteiger partial charge in [0.05, 0.1) is 0 Å². The molecule has 1 aromatic rings. The maximum Gasteiger partial charge on any atom is 0.585 e. The van der Waals surface area contributed by atoms with Crippen LogP contribution in [-0.2, 0) is 13.9 Å². The molecule has 0 spiro atoms. The van der Waals surface area contributed by atoms with Gasteiger partial charge in [-0.1, -0.05) is 18.2 Å². The SMILES string of the molecule is O=P(OO)(OO)Oc1ccccc1. The Balaban J connectivity index is 2.74. The van der Waals surface area contributed by atoms with Gasteiger partial charge in [0.15, 0.2) is 0 Å². The van der Waals surface area contributed by atoms with E-state index in [4.69, 9.17) is 10.5 Å². The molecule has 72 valence electrons. The molecule has 7 heteroatoms. The molecule has 0 radical (unpaired) electrons. The second-order valence-corrected chi connectivity index (χ2v) is 3.42. The molecule has 1 aromatic carbocycles. The monoisotopic (exact) mass is 206 g/mol. The molecule has 1 rings (SSSR count). The molecule has 0 aliphatic rings. The van der Waals surface area contributed by atoms with Crippen LogP contribution in [0, 0.1) is 0 Å². The Morgan fingerprint density at radius 3 is 2.08 bits per heavy atom. The van der Waals surface area contributed by atoms with Gasteiger partial charge in [0.25, 0.3) is 0 Å². The van der Waals surface area contributed by atoms with Gasteiger partial charge in [0.1, 0.15) is 5.75 Å². The molecular formula is C6H7O6P. The molecule has 0 aromatic heterocycles. The fraction of sp³-hybridized carbons (Fsp3) is 0. The van der Waals surface area contributed by atoms with Gasteiger partial charge in [0.2, 0.25) is 0 Å². The average Bonchev–Trinajstić information content (AvgIpc) is 2.19. The third-order valence-corrected chi connectivity index (χ3v) is 1.99. The normalized spacial score (nSPS) is 11.2. The highest BCUT2D eigenvalue weighted by Gasteiger charge is 2.29. The Morgan fingerprint density at radius 1 is 1.08 bits per heavy atom. The first-order chi connectivity index (χ1) is 6.20. The van der Waals surface area contributed by atoms with Crippen molar-refractivity contribution in [3.8, 4) is 5.75 Å². The molecule has 2 N–H and O–H groups in total. The summed E-state index contributed by atoms with van der Waals surface area (Å²) < 4.78 is 22.2. The van der Waals surface area contributed by atoms with Crippen molar-refractivity contribution in [2.45, 2.75) is 0 Å². The van der Waals surface area contributed by atoms with Gasteiger partial charge < -0.3 is 4.52 Å². The van der Waals surface area contributed by atoms with E-state index in [1.165, 1.54) is 12.1 Å². The van der Waals surface area contributed by atoms with E-state index in [9.17, 15) is 4.57 Å². The summed E-state index contributed by atoms with van der Waals surface area (Å²) in [5.74, 6) is 0.133. The number of hydrogen-bond acceptors (Lipinski definition) is 6. The predicted molar refractivity (Wildman–Crippen MR) is 42.1 cm³/mol. The van der Waals surface area contributed by atoms with Crippen molar-refractivity contribution in [1.82, 2.24) is 0 Å². The Bertz CT molecular complexity index is 291. The zero-order valence-electron chi connectivity index (χ0n) is 6.36. The average molecular weight is 206 g/mol. The Morgan fingerprint density at radius 2 is 1.62 bits per heavy atom. The molecule has 0 amide bonds. The Labute approximate surface area is 73.8 Å². The highest BCUT2D eigenvalue weighted by atomic mass is 31.2. The van der Waals surface area contributed by atoms with Crippen LogP contribution in [0.1, 0.15) is 0 Å². The fourth-order valence-corrected chi connectivity index (χ4v) is 1.14. The van der Waals surface area contributed by atoms with Gasteiger partial charge in [-0.3, -0.25) is 0 Å². The van der Waals surface area contributed by atoms with Crippen LogP contribution in [0.2, 0.25) is 0 Å². The summed E-state index contributed by atoms with van der Waals surface area (Å²) in [6.07, 6.45) is 0. The van der Waals surface area contributed by atoms with Crippen molar-refractivity contribution < 1.29 is 29.0 Å². The number of hydrogen-bond donors (Lipinski definition) is 2. The first-order valence-corrected chi connectivity index (χ1v) is 4.67. The minimum Gasteiger partial charge on any atom is -0.401 e. The summed E-state index contributed by atoms with van der Waals surface area (Å²) in [4.78, 5) is 0. The Kier molecular flexibility index (Phi) is 3.41. The van der Waals surface area contributed by atoms with Crippen LogP contribution < -0.4 is 4.52 Å². The van der Waals surface area contributed by atoms with Crippen molar-refractivity contribution in [2.24, 2.45) is 0 Å². The Hall–Kier alpha value is -0.910. The fourth-order valence-electron chi connectivity index (χ4n) is 0.659. The van der Waals surface area contributed by atoms with E-state index in [0.717, 1.165) is 0 Å². The highest BCUT2D eigenvalue weighted by Crippen LogP contribution is 2.47. The standard InChI is InChI=1S/C6H7O6P/c7-11-13(9,12-8)10-6-4-2-1-3-5-6/h1-5,7-8H. The zero-order valence-corrected chi connectivity index (χ0v) is 7.26. The smallest absolute Gasteiger partial charge is 0.401 e. The lowest BCUT2D eigenvalue weighted by molar-refractivity contribution is -0.221. The lowest BCUT2D eigenvalue weighted by atomic mass is 10.3. The third kappa shape index (κ3) is 2.80. The molecule has 0 fully saturated rings. The molecule has 0 atom stereocenters. The van der Waals surface area contributed by atoms with E-state index >= 15 is 0 Å². The molecule has 0 saturated heterocycles. The second-order valence-electron chi connectivity index (χ2n) is 2.01. The number of rotatable bonds is 4. The maximum atomic E-state index is 11.0. The van der Waals surface area contributed by atoms with Crippen LogP contribution in [0.3, 0.4) is 0 Å². The van der Waals surface area contributed by atoms with Crippen molar-refractivity contribution in [3.63, 3.8) is 0 Å². The number of para-hydroxylation sites is 1. The van der Waals surface area contributed by atoms with E-state index < -0.39 is 7.82 Å². The summed E-state index contributed by atoms with van der Waals surface area (Å²) in [5.41, 5.74) is 0. The van der Waals surface area contributed by atoms with Crippen LogP contribution in [0.15, 0.2) is 30.3 Å². The zero-order chi connectivity index (χ0) is 9.73. The minimum absolute atomic E-state index is 0.133. The van der Waals surface area contributed by atoms with Crippen LogP contribution in [0.25, 0.3) is 0 Å². The quantitative estimate of drug-likeness (QED) is 0.446. The first-order valence-electron chi connectivity index (χ1n) is 3.21. The maximum absolute atomic E-state index is 11.0. The molecule has 0 saturated carbocycles. The van der Waals surface area contributed by atoms with E-state index in [2.05, 4.69) is 13.9 Å². The van der Waals surface area contributed by atoms with Gasteiger partial charge in [0, 0.05) is 0 Å². The molecule has 0 bridgehead atoms. The predicted octanol–water partition coefficient (Wildman–Crippen LogP) is 2.15. The van der Waals surface area contributed by atoms with Crippen molar-refractivity contribution in [1.29, 1.82) is 0 Å². The molecule has 6 nitrogen and oxygen atoms in total. The highest BCUT2D eigenvalue weighted by molar-refractivity contribution is 7.48. The van der Waals surface area contributed by atoms with Gasteiger partial charge in [-0.15, -0.1) is 9.35 Å². The summed E-state index contributed by atoms with van der Waals surface area (Å²) in [6.45, 7) is 0. The van der Waals surface area contributed by atoms with Crippen LogP contribution >= 0.6 is 7.82 Å². The molecular weight excluding hydrogens is 199 g/mol. The van der Waals surface area contributed by atoms with Gasteiger partial charge >= 0.3 is 7.82 Å². The molecule has 0 aliphatic heterocycles. The summed E-state index contributed by atoms with van der Waals surface area (Å²) in [6, 6.07) is 7.82. The minimum atomic E-state index is -4.29. The second kappa shape index (κ2) is 4.36. The summed E-state index contributed by atoms with van der Waals surface area (Å²) >= 11 is 0. The van der Waals surface area contributed by atoms with E-state index in [1.807, 2.05) is 0 Å². The molecule has 0 aliphatic carbocycles. The van der Waals surface area contributed by atoms with Crippen molar-refractivity contribution in [3.05, 3.63) is 30.3 Å². The summed E-state index contributed by atoms with van der Waals surface area (Å²) in [5, 5.41) is 16.1. The van der Waals surface area contributed by atoms with Gasteiger partial charge in [-0.25, -0.2) is 15.1 Å².